The van der Waals surface area contributed by atoms with Crippen LogP contribution in [0.1, 0.15) is 0 Å². The monoisotopic (exact) mass is 271 g/mol. The number of nitrogens with two attached hydrogens (primary N) is 1. The number of ether oxygens (including phenoxy) is 1. The van der Waals surface area contributed by atoms with Gasteiger partial charge in [0.1, 0.15) is 22.4 Å². The molecule has 20 heavy (non-hydrogen) atoms. The summed E-state index contributed by atoms with van der Waals surface area (Å²) < 4.78 is 5.21. The summed E-state index contributed by atoms with van der Waals surface area (Å²) in [6.45, 7) is 0. The highest BCUT2D eigenvalue weighted by Gasteiger charge is 2.34. The molecule has 2 atom stereocenters. The third-order valence-corrected chi connectivity index (χ3v) is 3.24. The summed E-state index contributed by atoms with van der Waals surface area (Å²) in [6, 6.07) is 7.87. The number of hydrogen-bond acceptors (Lipinski definition) is 5. The minimum atomic E-state index is -0.0237. The first-order valence-electron chi connectivity index (χ1n) is 6.22. The van der Waals surface area contributed by atoms with Gasteiger partial charge in [-0.3, -0.25) is 0 Å². The van der Waals surface area contributed by atoms with Gasteiger partial charge in [0.25, 0.3) is 0 Å². The molecule has 1 aromatic rings. The summed E-state index contributed by atoms with van der Waals surface area (Å²) in [4.78, 5) is 4.18. The first kappa shape index (κ1) is 12.4. The molecule has 0 amide bonds. The van der Waals surface area contributed by atoms with Gasteiger partial charge in [-0.15, -0.1) is 0 Å². The Morgan fingerprint density at radius 2 is 2.35 bits per heavy atom. The van der Waals surface area contributed by atoms with Gasteiger partial charge in [0, 0.05) is 16.9 Å². The summed E-state index contributed by atoms with van der Waals surface area (Å²) >= 11 is 0. The molecule has 2 unspecified atom stereocenters. The Morgan fingerprint density at radius 1 is 1.50 bits per heavy atom. The van der Waals surface area contributed by atoms with Crippen molar-refractivity contribution in [1.29, 1.82) is 0 Å². The van der Waals surface area contributed by atoms with E-state index in [-0.39, 0.29) is 17.7 Å². The van der Waals surface area contributed by atoms with Crippen LogP contribution in [0, 0.1) is 12.0 Å². The number of hydrazine groups is 1. The van der Waals surface area contributed by atoms with Crippen LogP contribution in [0.15, 0.2) is 42.2 Å². The van der Waals surface area contributed by atoms with Crippen molar-refractivity contribution >= 4 is 11.4 Å². The normalized spacial score (nSPS) is 23.4. The molecule has 0 aromatic heterocycles. The first-order chi connectivity index (χ1) is 9.67. The number of benzene rings is 1. The van der Waals surface area contributed by atoms with Gasteiger partial charge >= 0.3 is 6.07 Å². The number of aromatic hydroxyl groups is 1. The summed E-state index contributed by atoms with van der Waals surface area (Å²) in [6.07, 6.45) is 5.82. The molecule has 0 saturated carbocycles. The quantitative estimate of drug-likeness (QED) is 0.713. The Labute approximate surface area is 116 Å². The Balaban J connectivity index is 1.90. The molecule has 1 aliphatic carbocycles. The van der Waals surface area contributed by atoms with Crippen molar-refractivity contribution < 1.29 is 9.84 Å². The van der Waals surface area contributed by atoms with E-state index in [1.165, 1.54) is 11.2 Å². The number of allylic oxidation sites excluding steroid dienone is 1. The van der Waals surface area contributed by atoms with Crippen molar-refractivity contribution in [2.75, 3.05) is 18.0 Å². The predicted molar refractivity (Wildman–Crippen MR) is 76.9 cm³/mol. The number of phenols is 1. The molecule has 102 valence electrons. The van der Waals surface area contributed by atoms with Crippen molar-refractivity contribution in [3.8, 4) is 11.8 Å². The highest BCUT2D eigenvalue weighted by molar-refractivity contribution is 5.64. The van der Waals surface area contributed by atoms with E-state index in [1.807, 2.05) is 18.2 Å². The zero-order chi connectivity index (χ0) is 14.1. The maximum atomic E-state index is 9.93. The molecule has 6 heteroatoms. The molecule has 4 N–H and O–H groups in total. The number of nitrogens with one attached hydrogen (secondary N) is 1. The van der Waals surface area contributed by atoms with Gasteiger partial charge in [-0.1, -0.05) is 6.08 Å². The Kier molecular flexibility index (Phi) is 2.97. The van der Waals surface area contributed by atoms with Crippen molar-refractivity contribution in [3.63, 3.8) is 0 Å². The van der Waals surface area contributed by atoms with Crippen molar-refractivity contribution in [3.05, 3.63) is 47.1 Å². The van der Waals surface area contributed by atoms with Crippen LogP contribution in [-0.2, 0) is 4.74 Å². The van der Waals surface area contributed by atoms with E-state index in [2.05, 4.69) is 16.4 Å². The number of nitrogens with zero attached hydrogens (tertiary/aromatic N) is 2. The fraction of sp³-hybridized carbons (Fsp3) is 0.214. The smallest absolute Gasteiger partial charge is 0.331 e. The zero-order valence-corrected chi connectivity index (χ0v) is 10.9. The number of phenolic OH excluding ortho intramolecular Hbond substituents is 1. The summed E-state index contributed by atoms with van der Waals surface area (Å²) in [7, 11) is 1.63. The lowest BCUT2D eigenvalue weighted by molar-refractivity contribution is 0.298. The van der Waals surface area contributed by atoms with E-state index in [1.54, 1.807) is 19.2 Å². The minimum absolute atomic E-state index is 0.0237. The van der Waals surface area contributed by atoms with Gasteiger partial charge in [0.2, 0.25) is 0 Å². The van der Waals surface area contributed by atoms with Crippen LogP contribution >= 0.6 is 0 Å². The number of nitrogen functional groups attached to an aromatic ring is 1. The van der Waals surface area contributed by atoms with Gasteiger partial charge in [-0.2, -0.15) is 5.43 Å². The minimum Gasteiger partial charge on any atom is -0.505 e. The van der Waals surface area contributed by atoms with E-state index < -0.39 is 0 Å². The van der Waals surface area contributed by atoms with Gasteiger partial charge in [0.05, 0.1) is 13.2 Å². The van der Waals surface area contributed by atoms with Gasteiger partial charge < -0.3 is 15.6 Å². The Hall–Kier alpha value is -2.65. The van der Waals surface area contributed by atoms with Crippen LogP contribution in [-0.4, -0.2) is 18.3 Å². The number of methoxy groups -OCH3 is 1. The average molecular weight is 271 g/mol. The lowest BCUT2D eigenvalue weighted by atomic mass is 9.96. The summed E-state index contributed by atoms with van der Waals surface area (Å²) in [5, 5.41) is 11.4. The van der Waals surface area contributed by atoms with Crippen LogP contribution in [0.2, 0.25) is 0 Å². The van der Waals surface area contributed by atoms with Crippen LogP contribution in [0.4, 0.5) is 11.4 Å². The number of rotatable bonds is 2. The lowest BCUT2D eigenvalue weighted by Gasteiger charge is -2.23. The van der Waals surface area contributed by atoms with Crippen LogP contribution in [0.5, 0.6) is 5.75 Å². The third-order valence-electron chi connectivity index (χ3n) is 3.24. The Bertz CT molecular complexity index is 657. The summed E-state index contributed by atoms with van der Waals surface area (Å²) in [5.74, 6) is 0.883. The zero-order valence-electron chi connectivity index (χ0n) is 10.9. The molecule has 1 heterocycles. The van der Waals surface area contributed by atoms with Crippen LogP contribution in [0.3, 0.4) is 0 Å². The standard InChI is InChI=1S/C14H14N4O2/c1-20-11-4-2-9-8-16-18(17-12(9)7-11)13-5-3-10(15)6-14(13)19/h2-7,9,12,17H,15H2,1H3/p+1. The molecule has 2 aliphatic rings. The SMILES string of the molecule is COC1=CC2NN(c3ccc(N)cc3O)[N+]#CC2C=C1. The molecule has 0 spiro atoms. The van der Waals surface area contributed by atoms with Crippen LogP contribution < -0.4 is 16.3 Å². The first-order valence-corrected chi connectivity index (χ1v) is 6.22. The highest BCUT2D eigenvalue weighted by atomic mass is 16.5. The maximum Gasteiger partial charge on any atom is 0.331 e. The number of anilines is 2. The Morgan fingerprint density at radius 3 is 3.10 bits per heavy atom. The fourth-order valence-electron chi connectivity index (χ4n) is 2.17. The van der Waals surface area contributed by atoms with Gasteiger partial charge in [-0.05, 0) is 24.3 Å². The predicted octanol–water partition coefficient (Wildman–Crippen LogP) is 1.63. The molecule has 3 rings (SSSR count). The van der Waals surface area contributed by atoms with Gasteiger partial charge in [-0.25, -0.2) is 0 Å². The highest BCUT2D eigenvalue weighted by Crippen LogP contribution is 2.31. The summed E-state index contributed by atoms with van der Waals surface area (Å²) in [5.41, 5.74) is 9.83. The van der Waals surface area contributed by atoms with E-state index in [0.717, 1.165) is 5.76 Å². The second kappa shape index (κ2) is 4.79. The average Bonchev–Trinajstić information content (AvgIpc) is 2.46. The van der Waals surface area contributed by atoms with Crippen molar-refractivity contribution in [2.24, 2.45) is 5.92 Å². The second-order valence-corrected chi connectivity index (χ2v) is 4.60. The van der Waals surface area contributed by atoms with E-state index in [9.17, 15) is 5.11 Å². The molecular formula is C14H15N4O2+. The van der Waals surface area contributed by atoms with Gasteiger partial charge in [0.15, 0.2) is 5.69 Å². The number of hydrogen-bond donors (Lipinski definition) is 3. The molecule has 6 nitrogen and oxygen atoms in total. The molecule has 1 aromatic carbocycles. The maximum absolute atomic E-state index is 9.93. The molecule has 0 fully saturated rings. The second-order valence-electron chi connectivity index (χ2n) is 4.60. The molecular weight excluding hydrogens is 256 g/mol. The van der Waals surface area contributed by atoms with E-state index in [4.69, 9.17) is 10.5 Å². The molecule has 0 saturated heterocycles. The molecule has 1 aliphatic heterocycles. The fourth-order valence-corrected chi connectivity index (χ4v) is 2.17. The van der Waals surface area contributed by atoms with Crippen LogP contribution in [0.25, 0.3) is 4.95 Å². The largest absolute Gasteiger partial charge is 0.505 e. The molecule has 0 radical (unpaired) electrons. The third kappa shape index (κ3) is 2.15. The van der Waals surface area contributed by atoms with Crippen molar-refractivity contribution in [1.82, 2.24) is 5.43 Å². The topological polar surface area (TPSA) is 75.1 Å². The van der Waals surface area contributed by atoms with E-state index >= 15 is 0 Å². The van der Waals surface area contributed by atoms with Crippen molar-refractivity contribution in [2.45, 2.75) is 6.04 Å². The van der Waals surface area contributed by atoms with E-state index in [0.29, 0.717) is 11.4 Å². The molecule has 0 bridgehead atoms. The lowest BCUT2D eigenvalue weighted by Crippen LogP contribution is -2.46. The number of fused-ring (bicyclic) bond motifs is 1.